The van der Waals surface area contributed by atoms with Gasteiger partial charge < -0.3 is 15.1 Å². The molecule has 1 amide bonds. The summed E-state index contributed by atoms with van der Waals surface area (Å²) in [4.78, 5) is 16.2. The fourth-order valence-corrected chi connectivity index (χ4v) is 2.93. The molecule has 1 aromatic rings. The normalized spacial score (nSPS) is 14.1. The van der Waals surface area contributed by atoms with Gasteiger partial charge in [0.2, 0.25) is 0 Å². The maximum atomic E-state index is 12.8. The highest BCUT2D eigenvalue weighted by Gasteiger charge is 2.31. The van der Waals surface area contributed by atoms with Gasteiger partial charge in [-0.2, -0.15) is 18.3 Å². The molecule has 2 N–H and O–H groups in total. The van der Waals surface area contributed by atoms with Gasteiger partial charge in [-0.15, -0.1) is 12.4 Å². The first kappa shape index (κ1) is 22.7. The number of carbonyl (C=O) groups excluding carboxylic acids is 1. The molecule has 0 bridgehead atoms. The third-order valence-corrected chi connectivity index (χ3v) is 4.54. The molecular weight excluding hydrogens is 371 g/mol. The van der Waals surface area contributed by atoms with Crippen molar-refractivity contribution in [3.8, 4) is 0 Å². The van der Waals surface area contributed by atoms with Crippen LogP contribution in [0.4, 0.5) is 13.2 Å². The van der Waals surface area contributed by atoms with E-state index in [9.17, 15) is 18.0 Å². The smallest absolute Gasteiger partial charge is 0.336 e. The Balaban J connectivity index is 0.00000338. The zero-order chi connectivity index (χ0) is 18.4. The van der Waals surface area contributed by atoms with Gasteiger partial charge in [0.25, 0.3) is 5.91 Å². The SMILES string of the molecule is CCN(CC)CCN(CCC(F)(F)F)C(=O)c1n[nH]c2c1CNCC2.Cl. The molecule has 0 spiro atoms. The maximum Gasteiger partial charge on any atom is 0.390 e. The van der Waals surface area contributed by atoms with Crippen molar-refractivity contribution in [1.29, 1.82) is 0 Å². The first-order chi connectivity index (χ1) is 11.9. The molecule has 10 heteroatoms. The summed E-state index contributed by atoms with van der Waals surface area (Å²) in [7, 11) is 0. The Hall–Kier alpha value is -1.32. The second-order valence-electron chi connectivity index (χ2n) is 6.14. The first-order valence-corrected chi connectivity index (χ1v) is 8.71. The molecule has 6 nitrogen and oxygen atoms in total. The largest absolute Gasteiger partial charge is 0.390 e. The van der Waals surface area contributed by atoms with E-state index in [-0.39, 0.29) is 31.2 Å². The average molecular weight is 398 g/mol. The summed E-state index contributed by atoms with van der Waals surface area (Å²) in [6, 6.07) is 0. The number of H-pyrrole nitrogens is 1. The molecule has 0 fully saturated rings. The number of hydrogen-bond donors (Lipinski definition) is 2. The highest BCUT2D eigenvalue weighted by Crippen LogP contribution is 2.22. The Morgan fingerprint density at radius 2 is 1.88 bits per heavy atom. The van der Waals surface area contributed by atoms with Crippen LogP contribution >= 0.6 is 12.4 Å². The average Bonchev–Trinajstić information content (AvgIpc) is 3.01. The molecule has 0 saturated heterocycles. The minimum Gasteiger partial charge on any atom is -0.336 e. The quantitative estimate of drug-likeness (QED) is 0.706. The second-order valence-corrected chi connectivity index (χ2v) is 6.14. The van der Waals surface area contributed by atoms with Crippen LogP contribution in [0.1, 0.15) is 42.0 Å². The summed E-state index contributed by atoms with van der Waals surface area (Å²) in [6.45, 7) is 7.31. The third kappa shape index (κ3) is 6.14. The van der Waals surface area contributed by atoms with Crippen LogP contribution in [0.2, 0.25) is 0 Å². The molecule has 150 valence electrons. The lowest BCUT2D eigenvalue weighted by atomic mass is 10.1. The fraction of sp³-hybridized carbons (Fsp3) is 0.750. The number of nitrogens with zero attached hydrogens (tertiary/aromatic N) is 3. The minimum atomic E-state index is -4.29. The van der Waals surface area contributed by atoms with Gasteiger partial charge in [0.15, 0.2) is 5.69 Å². The van der Waals surface area contributed by atoms with Crippen LogP contribution in [-0.2, 0) is 13.0 Å². The Bertz CT molecular complexity index is 575. The zero-order valence-corrected chi connectivity index (χ0v) is 16.0. The van der Waals surface area contributed by atoms with Gasteiger partial charge in [-0.1, -0.05) is 13.8 Å². The van der Waals surface area contributed by atoms with Crippen molar-refractivity contribution in [2.45, 2.75) is 39.4 Å². The second kappa shape index (κ2) is 10.1. The molecule has 2 heterocycles. The number of hydrogen-bond acceptors (Lipinski definition) is 4. The molecule has 0 unspecified atom stereocenters. The zero-order valence-electron chi connectivity index (χ0n) is 15.2. The monoisotopic (exact) mass is 397 g/mol. The first-order valence-electron chi connectivity index (χ1n) is 8.71. The van der Waals surface area contributed by atoms with Gasteiger partial charge >= 0.3 is 6.18 Å². The van der Waals surface area contributed by atoms with Crippen molar-refractivity contribution in [1.82, 2.24) is 25.3 Å². The van der Waals surface area contributed by atoms with Crippen LogP contribution in [0.3, 0.4) is 0 Å². The van der Waals surface area contributed by atoms with E-state index in [0.29, 0.717) is 13.1 Å². The van der Waals surface area contributed by atoms with Crippen LogP contribution in [0.25, 0.3) is 0 Å². The molecule has 1 aromatic heterocycles. The standard InChI is InChI=1S/C16H26F3N5O.ClH/c1-3-23(4-2)9-10-24(8-6-16(17,18)19)15(25)14-12-11-20-7-5-13(12)21-22-14;/h20H,3-11H2,1-2H3,(H,21,22);1H. The lowest BCUT2D eigenvalue weighted by Gasteiger charge is -2.27. The predicted octanol–water partition coefficient (Wildman–Crippen LogP) is 2.21. The van der Waals surface area contributed by atoms with Gasteiger partial charge in [-0.05, 0) is 13.1 Å². The highest BCUT2D eigenvalue weighted by molar-refractivity contribution is 5.94. The number of alkyl halides is 3. The van der Waals surface area contributed by atoms with Gasteiger partial charge in [0, 0.05) is 50.4 Å². The van der Waals surface area contributed by atoms with E-state index in [2.05, 4.69) is 20.4 Å². The summed E-state index contributed by atoms with van der Waals surface area (Å²) < 4.78 is 37.9. The van der Waals surface area contributed by atoms with Crippen LogP contribution < -0.4 is 5.32 Å². The minimum absolute atomic E-state index is 0. The Labute approximate surface area is 157 Å². The molecule has 0 aliphatic carbocycles. The van der Waals surface area contributed by atoms with E-state index < -0.39 is 18.5 Å². The third-order valence-electron chi connectivity index (χ3n) is 4.54. The number of rotatable bonds is 8. The van der Waals surface area contributed by atoms with E-state index in [1.165, 1.54) is 4.90 Å². The molecular formula is C16H27ClF3N5O. The molecule has 26 heavy (non-hydrogen) atoms. The number of aromatic amines is 1. The van der Waals surface area contributed by atoms with Crippen LogP contribution in [0, 0.1) is 0 Å². The van der Waals surface area contributed by atoms with Crippen molar-refractivity contribution in [2.24, 2.45) is 0 Å². The van der Waals surface area contributed by atoms with Crippen LogP contribution in [0.5, 0.6) is 0 Å². The molecule has 0 atom stereocenters. The summed E-state index contributed by atoms with van der Waals surface area (Å²) in [6.07, 6.45) is -4.57. The van der Waals surface area contributed by atoms with E-state index in [1.807, 2.05) is 13.8 Å². The molecule has 1 aliphatic rings. The van der Waals surface area contributed by atoms with E-state index in [4.69, 9.17) is 0 Å². The van der Waals surface area contributed by atoms with Crippen molar-refractivity contribution in [2.75, 3.05) is 39.3 Å². The predicted molar refractivity (Wildman–Crippen MR) is 95.6 cm³/mol. The van der Waals surface area contributed by atoms with Gasteiger partial charge in [-0.3, -0.25) is 9.89 Å². The topological polar surface area (TPSA) is 64.3 Å². The van der Waals surface area contributed by atoms with Gasteiger partial charge in [-0.25, -0.2) is 0 Å². The molecule has 0 aromatic carbocycles. The number of fused-ring (bicyclic) bond motifs is 1. The fourth-order valence-electron chi connectivity index (χ4n) is 2.93. The summed E-state index contributed by atoms with van der Waals surface area (Å²) in [5.41, 5.74) is 1.90. The molecule has 0 saturated carbocycles. The molecule has 2 rings (SSSR count). The highest BCUT2D eigenvalue weighted by atomic mass is 35.5. The lowest BCUT2D eigenvalue weighted by molar-refractivity contribution is -0.136. The number of halogens is 4. The Kier molecular flexibility index (Phi) is 8.85. The van der Waals surface area contributed by atoms with Crippen LogP contribution in [-0.4, -0.2) is 71.3 Å². The van der Waals surface area contributed by atoms with Crippen molar-refractivity contribution in [3.63, 3.8) is 0 Å². The van der Waals surface area contributed by atoms with Crippen molar-refractivity contribution >= 4 is 18.3 Å². The summed E-state index contributed by atoms with van der Waals surface area (Å²) >= 11 is 0. The summed E-state index contributed by atoms with van der Waals surface area (Å²) in [5.74, 6) is -0.433. The lowest BCUT2D eigenvalue weighted by Crippen LogP contribution is -2.41. The molecule has 1 aliphatic heterocycles. The van der Waals surface area contributed by atoms with E-state index >= 15 is 0 Å². The van der Waals surface area contributed by atoms with Gasteiger partial charge in [0.05, 0.1) is 6.42 Å². The Morgan fingerprint density at radius 3 is 2.50 bits per heavy atom. The molecule has 0 radical (unpaired) electrons. The number of carbonyl (C=O) groups is 1. The Morgan fingerprint density at radius 1 is 1.19 bits per heavy atom. The van der Waals surface area contributed by atoms with Crippen LogP contribution in [0.15, 0.2) is 0 Å². The van der Waals surface area contributed by atoms with Crippen molar-refractivity contribution < 1.29 is 18.0 Å². The maximum absolute atomic E-state index is 12.8. The van der Waals surface area contributed by atoms with E-state index in [0.717, 1.165) is 37.3 Å². The van der Waals surface area contributed by atoms with Crippen molar-refractivity contribution in [3.05, 3.63) is 17.0 Å². The van der Waals surface area contributed by atoms with E-state index in [1.54, 1.807) is 0 Å². The number of amides is 1. The summed E-state index contributed by atoms with van der Waals surface area (Å²) in [5, 5.41) is 10.1. The van der Waals surface area contributed by atoms with Gasteiger partial charge in [0.1, 0.15) is 0 Å². The number of likely N-dealkylation sites (N-methyl/N-ethyl adjacent to an activating group) is 1. The number of aromatic nitrogens is 2. The number of nitrogens with one attached hydrogen (secondary N) is 2.